The van der Waals surface area contributed by atoms with Gasteiger partial charge in [-0.1, -0.05) is 11.3 Å². The van der Waals surface area contributed by atoms with E-state index in [0.29, 0.717) is 42.3 Å². The number of aromatic amines is 1. The second kappa shape index (κ2) is 7.54. The lowest BCUT2D eigenvalue weighted by atomic mass is 9.99. The lowest BCUT2D eigenvalue weighted by Crippen LogP contribution is -2.38. The van der Waals surface area contributed by atoms with Gasteiger partial charge in [-0.05, 0) is 38.8 Å². The van der Waals surface area contributed by atoms with E-state index in [9.17, 15) is 17.2 Å². The van der Waals surface area contributed by atoms with Crippen LogP contribution >= 0.6 is 11.3 Å². The van der Waals surface area contributed by atoms with Crippen LogP contribution in [0, 0.1) is 25.5 Å². The molecule has 0 radical (unpaired) electrons. The summed E-state index contributed by atoms with van der Waals surface area (Å²) in [5.74, 6) is -1.28. The van der Waals surface area contributed by atoms with Gasteiger partial charge < -0.3 is 0 Å². The van der Waals surface area contributed by atoms with E-state index in [2.05, 4.69) is 20.4 Å². The number of nitrogens with zero attached hydrogens (tertiary/aromatic N) is 4. The smallest absolute Gasteiger partial charge is 0.246 e. The van der Waals surface area contributed by atoms with Crippen LogP contribution < -0.4 is 0 Å². The molecule has 1 aliphatic heterocycles. The van der Waals surface area contributed by atoms with Crippen LogP contribution in [0.25, 0.3) is 10.6 Å². The fourth-order valence-corrected chi connectivity index (χ4v) is 6.40. The van der Waals surface area contributed by atoms with E-state index >= 15 is 0 Å². The van der Waals surface area contributed by atoms with Gasteiger partial charge in [-0.3, -0.25) is 5.10 Å². The second-order valence-electron chi connectivity index (χ2n) is 7.01. The fraction of sp³-hybridized carbons (Fsp3) is 0.389. The highest BCUT2D eigenvalue weighted by Crippen LogP contribution is 2.36. The highest BCUT2D eigenvalue weighted by atomic mass is 32.2. The van der Waals surface area contributed by atoms with Crippen molar-refractivity contribution in [3.8, 4) is 10.6 Å². The highest BCUT2D eigenvalue weighted by Gasteiger charge is 2.34. The first-order chi connectivity index (χ1) is 13.8. The van der Waals surface area contributed by atoms with Crippen LogP contribution in [-0.4, -0.2) is 46.2 Å². The second-order valence-corrected chi connectivity index (χ2v) is 9.89. The Kier molecular flexibility index (Phi) is 5.21. The molecule has 1 aromatic carbocycles. The molecule has 0 amide bonds. The first kappa shape index (κ1) is 20.0. The zero-order chi connectivity index (χ0) is 20.8. The van der Waals surface area contributed by atoms with Crippen LogP contribution in [0.1, 0.15) is 35.2 Å². The maximum absolute atomic E-state index is 14.0. The average Bonchev–Trinajstić information content (AvgIpc) is 3.29. The molecule has 0 aliphatic carbocycles. The molecule has 4 rings (SSSR count). The van der Waals surface area contributed by atoms with Crippen molar-refractivity contribution in [2.75, 3.05) is 13.1 Å². The van der Waals surface area contributed by atoms with Gasteiger partial charge in [-0.25, -0.2) is 17.2 Å². The van der Waals surface area contributed by atoms with Crippen LogP contribution in [0.3, 0.4) is 0 Å². The van der Waals surface area contributed by atoms with Crippen molar-refractivity contribution in [3.05, 3.63) is 46.2 Å². The topological polar surface area (TPSA) is 91.8 Å². The molecule has 3 heterocycles. The molecule has 2 aromatic heterocycles. The summed E-state index contributed by atoms with van der Waals surface area (Å²) in [6.45, 7) is 4.07. The number of nitrogens with one attached hydrogen (secondary N) is 1. The summed E-state index contributed by atoms with van der Waals surface area (Å²) in [6.07, 6.45) is 1.19. The number of H-pyrrole nitrogens is 1. The third-order valence-corrected chi connectivity index (χ3v) is 8.35. The Hall–Kier alpha value is -2.24. The van der Waals surface area contributed by atoms with E-state index in [0.717, 1.165) is 11.1 Å². The molecule has 29 heavy (non-hydrogen) atoms. The molecule has 0 bridgehead atoms. The monoisotopic (exact) mass is 439 g/mol. The maximum atomic E-state index is 14.0. The minimum Gasteiger partial charge on any atom is -0.281 e. The van der Waals surface area contributed by atoms with Crippen molar-refractivity contribution >= 4 is 21.4 Å². The van der Waals surface area contributed by atoms with Crippen LogP contribution in [0.15, 0.2) is 23.1 Å². The fourth-order valence-electron chi connectivity index (χ4n) is 3.56. The van der Waals surface area contributed by atoms with Gasteiger partial charge in [-0.15, -0.1) is 10.2 Å². The molecule has 1 fully saturated rings. The predicted octanol–water partition coefficient (Wildman–Crippen LogP) is 3.39. The summed E-state index contributed by atoms with van der Waals surface area (Å²) in [6, 6.07) is 3.35. The molecule has 0 spiro atoms. The van der Waals surface area contributed by atoms with Gasteiger partial charge in [0.2, 0.25) is 10.0 Å². The minimum atomic E-state index is -3.61. The summed E-state index contributed by atoms with van der Waals surface area (Å²) in [5.41, 5.74) is 1.19. The molecule has 0 saturated carbocycles. The molecule has 1 saturated heterocycles. The SMILES string of the molecule is Cc1n[nH]c(C)c1S(=O)(=O)N1CCC(c2nnc(-c3ccc(F)cc3F)s2)CC1. The third-order valence-electron chi connectivity index (χ3n) is 5.06. The highest BCUT2D eigenvalue weighted by molar-refractivity contribution is 7.89. The minimum absolute atomic E-state index is 0.0442. The Labute approximate surface area is 170 Å². The van der Waals surface area contributed by atoms with Gasteiger partial charge in [0.05, 0.1) is 11.4 Å². The predicted molar refractivity (Wildman–Crippen MR) is 104 cm³/mol. The number of hydrogen-bond acceptors (Lipinski definition) is 6. The molecule has 154 valence electrons. The number of sulfonamides is 1. The zero-order valence-corrected chi connectivity index (χ0v) is 17.4. The summed E-state index contributed by atoms with van der Waals surface area (Å²) >= 11 is 1.26. The molecular weight excluding hydrogens is 420 g/mol. The first-order valence-electron chi connectivity index (χ1n) is 9.08. The van der Waals surface area contributed by atoms with Crippen molar-refractivity contribution in [2.45, 2.75) is 37.5 Å². The van der Waals surface area contributed by atoms with E-state index in [1.165, 1.54) is 27.8 Å². The Morgan fingerprint density at radius 2 is 1.90 bits per heavy atom. The van der Waals surface area contributed by atoms with Gasteiger partial charge >= 0.3 is 0 Å². The van der Waals surface area contributed by atoms with Crippen LogP contribution in [0.4, 0.5) is 8.78 Å². The summed E-state index contributed by atoms with van der Waals surface area (Å²) < 4.78 is 54.5. The van der Waals surface area contributed by atoms with E-state index in [1.54, 1.807) is 13.8 Å². The average molecular weight is 440 g/mol. The van der Waals surface area contributed by atoms with E-state index in [4.69, 9.17) is 0 Å². The van der Waals surface area contributed by atoms with Gasteiger partial charge in [0, 0.05) is 30.6 Å². The zero-order valence-electron chi connectivity index (χ0n) is 15.8. The maximum Gasteiger partial charge on any atom is 0.246 e. The Morgan fingerprint density at radius 1 is 1.17 bits per heavy atom. The lowest BCUT2D eigenvalue weighted by Gasteiger charge is -2.30. The number of rotatable bonds is 4. The summed E-state index contributed by atoms with van der Waals surface area (Å²) in [7, 11) is -3.61. The number of aryl methyl sites for hydroxylation is 2. The Morgan fingerprint density at radius 3 is 2.52 bits per heavy atom. The number of piperidine rings is 1. The molecule has 0 atom stereocenters. The summed E-state index contributed by atoms with van der Waals surface area (Å²) in [5, 5.41) is 16.0. The molecule has 0 unspecified atom stereocenters. The number of hydrogen-bond donors (Lipinski definition) is 1. The van der Waals surface area contributed by atoms with Crippen molar-refractivity contribution in [3.63, 3.8) is 0 Å². The van der Waals surface area contributed by atoms with Crippen LogP contribution in [0.5, 0.6) is 0 Å². The normalized spacial score (nSPS) is 16.4. The molecule has 3 aromatic rings. The van der Waals surface area contributed by atoms with Crippen molar-refractivity contribution in [2.24, 2.45) is 0 Å². The molecule has 1 N–H and O–H groups in total. The third kappa shape index (κ3) is 3.69. The van der Waals surface area contributed by atoms with Crippen molar-refractivity contribution in [1.82, 2.24) is 24.7 Å². The van der Waals surface area contributed by atoms with Gasteiger partial charge in [0.25, 0.3) is 0 Å². The van der Waals surface area contributed by atoms with Crippen LogP contribution in [0.2, 0.25) is 0 Å². The van der Waals surface area contributed by atoms with Gasteiger partial charge in [-0.2, -0.15) is 9.40 Å². The first-order valence-corrected chi connectivity index (χ1v) is 11.3. The Balaban J connectivity index is 1.49. The number of benzene rings is 1. The standard InChI is InChI=1S/C18H19F2N5O2S2/c1-10-16(11(2)22-21-10)29(26,27)25-7-5-12(6-8-25)17-23-24-18(28-17)14-4-3-13(19)9-15(14)20/h3-4,9,12H,5-8H2,1-2H3,(H,21,22). The molecule has 7 nitrogen and oxygen atoms in total. The summed E-state index contributed by atoms with van der Waals surface area (Å²) in [4.78, 5) is 0.237. The van der Waals surface area contributed by atoms with Crippen LogP contribution in [-0.2, 0) is 10.0 Å². The number of aromatic nitrogens is 4. The quantitative estimate of drug-likeness (QED) is 0.673. The van der Waals surface area contributed by atoms with E-state index in [-0.39, 0.29) is 16.4 Å². The van der Waals surface area contributed by atoms with E-state index in [1.807, 2.05) is 0 Å². The largest absolute Gasteiger partial charge is 0.281 e. The molecular formula is C18H19F2N5O2S2. The van der Waals surface area contributed by atoms with Crippen molar-refractivity contribution in [1.29, 1.82) is 0 Å². The molecule has 1 aliphatic rings. The van der Waals surface area contributed by atoms with Gasteiger partial charge in [0.15, 0.2) is 5.01 Å². The lowest BCUT2D eigenvalue weighted by molar-refractivity contribution is 0.318. The van der Waals surface area contributed by atoms with Gasteiger partial charge in [0.1, 0.15) is 21.5 Å². The van der Waals surface area contributed by atoms with Crippen molar-refractivity contribution < 1.29 is 17.2 Å². The number of halogens is 2. The Bertz CT molecular complexity index is 1130. The van der Waals surface area contributed by atoms with E-state index < -0.39 is 21.7 Å². The molecule has 11 heteroatoms.